The Morgan fingerprint density at radius 2 is 2.33 bits per heavy atom. The van der Waals surface area contributed by atoms with E-state index in [2.05, 4.69) is 11.9 Å². The zero-order chi connectivity index (χ0) is 9.56. The summed E-state index contributed by atoms with van der Waals surface area (Å²) in [6, 6.07) is -0.108. The van der Waals surface area contributed by atoms with Crippen molar-refractivity contribution in [3.63, 3.8) is 0 Å². The van der Waals surface area contributed by atoms with Crippen LogP contribution >= 0.6 is 0 Å². The fourth-order valence-corrected chi connectivity index (χ4v) is 0.765. The summed E-state index contributed by atoms with van der Waals surface area (Å²) in [4.78, 5) is 11.1. The number of allylic oxidation sites excluding steroid dienone is 2. The van der Waals surface area contributed by atoms with Gasteiger partial charge in [0, 0.05) is 18.2 Å². The van der Waals surface area contributed by atoms with Crippen molar-refractivity contribution < 1.29 is 4.79 Å². The molecule has 0 aliphatic carbocycles. The van der Waals surface area contributed by atoms with Gasteiger partial charge in [-0.05, 0) is 19.9 Å². The minimum atomic E-state index is -0.108. The summed E-state index contributed by atoms with van der Waals surface area (Å²) in [7, 11) is 0. The molecule has 0 aromatic rings. The quantitative estimate of drug-likeness (QED) is 0.613. The van der Waals surface area contributed by atoms with E-state index in [4.69, 9.17) is 5.73 Å². The van der Waals surface area contributed by atoms with E-state index in [0.717, 1.165) is 0 Å². The van der Waals surface area contributed by atoms with E-state index >= 15 is 0 Å². The maximum Gasteiger partial charge on any atom is 0.225 e. The number of amides is 1. The van der Waals surface area contributed by atoms with Gasteiger partial charge in [-0.25, -0.2) is 0 Å². The highest BCUT2D eigenvalue weighted by Gasteiger charge is 2.03. The molecule has 3 nitrogen and oxygen atoms in total. The Morgan fingerprint density at radius 1 is 1.75 bits per heavy atom. The monoisotopic (exact) mass is 168 g/mol. The van der Waals surface area contributed by atoms with Crippen LogP contribution in [0.4, 0.5) is 0 Å². The van der Waals surface area contributed by atoms with Gasteiger partial charge in [-0.2, -0.15) is 0 Å². The van der Waals surface area contributed by atoms with Crippen molar-refractivity contribution in [2.45, 2.75) is 26.3 Å². The van der Waals surface area contributed by atoms with Crippen molar-refractivity contribution >= 4 is 5.91 Å². The minimum Gasteiger partial charge on any atom is -0.327 e. The van der Waals surface area contributed by atoms with E-state index < -0.39 is 0 Å². The minimum absolute atomic E-state index is 0.0897. The van der Waals surface area contributed by atoms with Crippen LogP contribution in [0, 0.1) is 0 Å². The molecule has 1 atom stereocenters. The van der Waals surface area contributed by atoms with Crippen molar-refractivity contribution in [2.75, 3.05) is 0 Å². The standard InChI is InChI=1S/C9H16N2O/c1-4-5-8(3)11-9(12)6-7(2)10/h4-5,7H,3,6,10H2,1-2H3,(H,11,12)/b5-4-. The lowest BCUT2D eigenvalue weighted by molar-refractivity contribution is -0.120. The number of carbonyl (C=O) groups is 1. The first-order valence-electron chi connectivity index (χ1n) is 3.93. The van der Waals surface area contributed by atoms with Gasteiger partial charge in [-0.15, -0.1) is 0 Å². The van der Waals surface area contributed by atoms with Crippen LogP contribution in [0.2, 0.25) is 0 Å². The molecule has 0 radical (unpaired) electrons. The molecular formula is C9H16N2O. The van der Waals surface area contributed by atoms with E-state index in [9.17, 15) is 4.79 Å². The Labute approximate surface area is 73.3 Å². The third-order valence-electron chi connectivity index (χ3n) is 1.18. The fraction of sp³-hybridized carbons (Fsp3) is 0.444. The summed E-state index contributed by atoms with van der Waals surface area (Å²) < 4.78 is 0. The second-order valence-electron chi connectivity index (χ2n) is 2.75. The first-order chi connectivity index (χ1) is 5.56. The van der Waals surface area contributed by atoms with Crippen LogP contribution in [0.25, 0.3) is 0 Å². The lowest BCUT2D eigenvalue weighted by atomic mass is 10.2. The van der Waals surface area contributed by atoms with Crippen molar-refractivity contribution in [3.05, 3.63) is 24.4 Å². The molecule has 1 amide bonds. The maximum atomic E-state index is 11.1. The van der Waals surface area contributed by atoms with Crippen molar-refractivity contribution in [3.8, 4) is 0 Å². The number of nitrogens with two attached hydrogens (primary N) is 1. The Balaban J connectivity index is 3.77. The van der Waals surface area contributed by atoms with Crippen molar-refractivity contribution in [2.24, 2.45) is 5.73 Å². The molecule has 12 heavy (non-hydrogen) atoms. The van der Waals surface area contributed by atoms with Crippen molar-refractivity contribution in [1.82, 2.24) is 5.32 Å². The van der Waals surface area contributed by atoms with Crippen molar-refractivity contribution in [1.29, 1.82) is 0 Å². The molecule has 0 aromatic carbocycles. The second kappa shape index (κ2) is 5.55. The SMILES string of the molecule is C=C(/C=C\C)NC(=O)CC(C)N. The first kappa shape index (κ1) is 10.9. The number of hydrogen-bond acceptors (Lipinski definition) is 2. The predicted octanol–water partition coefficient (Wildman–Crippen LogP) is 0.930. The molecule has 0 aromatic heterocycles. The van der Waals surface area contributed by atoms with Crippen LogP contribution < -0.4 is 11.1 Å². The number of carbonyl (C=O) groups excluding carboxylic acids is 1. The zero-order valence-electron chi connectivity index (χ0n) is 7.63. The van der Waals surface area contributed by atoms with Crippen LogP contribution in [0.1, 0.15) is 20.3 Å². The van der Waals surface area contributed by atoms with Gasteiger partial charge in [0.25, 0.3) is 0 Å². The summed E-state index contributed by atoms with van der Waals surface area (Å²) in [6.07, 6.45) is 3.88. The van der Waals surface area contributed by atoms with Crippen LogP contribution in [-0.2, 0) is 4.79 Å². The van der Waals surface area contributed by atoms with Gasteiger partial charge < -0.3 is 11.1 Å². The smallest absolute Gasteiger partial charge is 0.225 e. The first-order valence-corrected chi connectivity index (χ1v) is 3.93. The molecule has 0 fully saturated rings. The van der Waals surface area contributed by atoms with E-state index in [0.29, 0.717) is 12.1 Å². The molecule has 1 unspecified atom stereocenters. The molecule has 0 aliphatic rings. The third-order valence-corrected chi connectivity index (χ3v) is 1.18. The molecule has 3 heteroatoms. The van der Waals surface area contributed by atoms with Gasteiger partial charge in [0.05, 0.1) is 0 Å². The van der Waals surface area contributed by atoms with Gasteiger partial charge in [0.2, 0.25) is 5.91 Å². The average molecular weight is 168 g/mol. The Morgan fingerprint density at radius 3 is 2.75 bits per heavy atom. The molecule has 0 spiro atoms. The van der Waals surface area contributed by atoms with Crippen LogP contribution in [0.3, 0.4) is 0 Å². The van der Waals surface area contributed by atoms with Gasteiger partial charge in [0.15, 0.2) is 0 Å². The largest absolute Gasteiger partial charge is 0.327 e. The highest BCUT2D eigenvalue weighted by atomic mass is 16.1. The number of nitrogens with one attached hydrogen (secondary N) is 1. The van der Waals surface area contributed by atoms with Gasteiger partial charge >= 0.3 is 0 Å². The Bertz CT molecular complexity index is 195. The van der Waals surface area contributed by atoms with Crippen LogP contribution in [0.15, 0.2) is 24.4 Å². The van der Waals surface area contributed by atoms with Gasteiger partial charge in [0.1, 0.15) is 0 Å². The summed E-state index contributed by atoms with van der Waals surface area (Å²) >= 11 is 0. The van der Waals surface area contributed by atoms with Crippen LogP contribution in [-0.4, -0.2) is 11.9 Å². The highest BCUT2D eigenvalue weighted by Crippen LogP contribution is 1.91. The summed E-state index contributed by atoms with van der Waals surface area (Å²) in [6.45, 7) is 7.29. The zero-order valence-corrected chi connectivity index (χ0v) is 7.63. The van der Waals surface area contributed by atoms with E-state index in [1.807, 2.05) is 13.0 Å². The molecule has 0 heterocycles. The number of hydrogen-bond donors (Lipinski definition) is 2. The Kier molecular flexibility index (Phi) is 5.04. The van der Waals surface area contributed by atoms with Gasteiger partial charge in [-0.3, -0.25) is 4.79 Å². The molecule has 68 valence electrons. The lowest BCUT2D eigenvalue weighted by Gasteiger charge is -2.06. The van der Waals surface area contributed by atoms with Crippen LogP contribution in [0.5, 0.6) is 0 Å². The summed E-state index contributed by atoms with van der Waals surface area (Å²) in [5.74, 6) is -0.0897. The fourth-order valence-electron chi connectivity index (χ4n) is 0.765. The molecular weight excluding hydrogens is 152 g/mol. The second-order valence-corrected chi connectivity index (χ2v) is 2.75. The van der Waals surface area contributed by atoms with E-state index in [1.165, 1.54) is 0 Å². The third kappa shape index (κ3) is 5.68. The predicted molar refractivity (Wildman–Crippen MR) is 50.4 cm³/mol. The molecule has 0 saturated heterocycles. The number of rotatable bonds is 4. The summed E-state index contributed by atoms with van der Waals surface area (Å²) in [5.41, 5.74) is 6.03. The maximum absolute atomic E-state index is 11.1. The lowest BCUT2D eigenvalue weighted by Crippen LogP contribution is -2.28. The normalized spacial score (nSPS) is 12.9. The van der Waals surface area contributed by atoms with E-state index in [1.54, 1.807) is 13.0 Å². The average Bonchev–Trinajstić information content (AvgIpc) is 1.84. The van der Waals surface area contributed by atoms with Gasteiger partial charge in [-0.1, -0.05) is 12.7 Å². The Hall–Kier alpha value is -1.09. The summed E-state index contributed by atoms with van der Waals surface area (Å²) in [5, 5.41) is 2.61. The highest BCUT2D eigenvalue weighted by molar-refractivity contribution is 5.78. The van der Waals surface area contributed by atoms with E-state index in [-0.39, 0.29) is 11.9 Å². The molecule has 0 bridgehead atoms. The topological polar surface area (TPSA) is 55.1 Å². The molecule has 0 saturated carbocycles. The molecule has 0 aliphatic heterocycles. The molecule has 0 rings (SSSR count). The molecule has 3 N–H and O–H groups in total.